The van der Waals surface area contributed by atoms with Gasteiger partial charge in [0.15, 0.2) is 0 Å². The maximum absolute atomic E-state index is 5.04. The fourth-order valence-electron chi connectivity index (χ4n) is 1.42. The second-order valence-corrected chi connectivity index (χ2v) is 5.41. The van der Waals surface area contributed by atoms with E-state index in [0.29, 0.717) is 5.95 Å². The van der Waals surface area contributed by atoms with Crippen LogP contribution in [-0.4, -0.2) is 36.5 Å². The molecule has 0 atom stereocenters. The van der Waals surface area contributed by atoms with E-state index in [9.17, 15) is 0 Å². The van der Waals surface area contributed by atoms with Crippen LogP contribution in [0.4, 0.5) is 5.95 Å². The Balaban J connectivity index is 2.16. The Morgan fingerprint density at radius 2 is 2.35 bits per heavy atom. The second-order valence-electron chi connectivity index (χ2n) is 3.44. The van der Waals surface area contributed by atoms with E-state index in [-0.39, 0.29) is 0 Å². The minimum Gasteiger partial charge on any atom is -0.385 e. The number of rotatable bonds is 6. The molecule has 17 heavy (non-hydrogen) atoms. The molecule has 0 aliphatic rings. The zero-order valence-electron chi connectivity index (χ0n) is 9.90. The smallest absolute Gasteiger partial charge is 0.224 e. The van der Waals surface area contributed by atoms with Gasteiger partial charge in [-0.15, -0.1) is 23.1 Å². The molecule has 0 bridgehead atoms. The van der Waals surface area contributed by atoms with Crippen molar-refractivity contribution in [2.75, 3.05) is 31.8 Å². The third-order valence-corrected chi connectivity index (χ3v) is 4.13. The minimum absolute atomic E-state index is 0.689. The molecule has 0 unspecified atom stereocenters. The van der Waals surface area contributed by atoms with E-state index in [1.165, 1.54) is 0 Å². The summed E-state index contributed by atoms with van der Waals surface area (Å²) in [6, 6.07) is 2.08. The lowest BCUT2D eigenvalue weighted by atomic mass is 10.4. The first-order valence-electron chi connectivity index (χ1n) is 5.40. The molecule has 0 fully saturated rings. The number of ether oxygens (including phenoxy) is 1. The second kappa shape index (κ2) is 6.18. The normalized spacial score (nSPS) is 10.9. The quantitative estimate of drug-likeness (QED) is 0.496. The van der Waals surface area contributed by atoms with Crippen molar-refractivity contribution in [3.63, 3.8) is 0 Å². The van der Waals surface area contributed by atoms with Gasteiger partial charge in [-0.2, -0.15) is 0 Å². The molecule has 0 radical (unpaired) electrons. The number of hydrogen-bond donors (Lipinski definition) is 1. The Bertz CT molecular complexity index is 487. The Hall–Kier alpha value is -0.850. The summed E-state index contributed by atoms with van der Waals surface area (Å²) < 4.78 is 5.04. The van der Waals surface area contributed by atoms with Crippen LogP contribution >= 0.6 is 23.1 Å². The van der Waals surface area contributed by atoms with E-state index in [0.717, 1.165) is 34.0 Å². The predicted octanol–water partition coefficient (Wildman–Crippen LogP) is 2.86. The van der Waals surface area contributed by atoms with Gasteiger partial charge in [-0.05, 0) is 17.9 Å². The first-order chi connectivity index (χ1) is 8.35. The Morgan fingerprint density at radius 3 is 3.12 bits per heavy atom. The molecule has 0 aliphatic carbocycles. The summed E-state index contributed by atoms with van der Waals surface area (Å²) in [5, 5.41) is 7.25. The van der Waals surface area contributed by atoms with Crippen molar-refractivity contribution in [3.8, 4) is 0 Å². The van der Waals surface area contributed by atoms with Gasteiger partial charge in [0, 0.05) is 31.9 Å². The van der Waals surface area contributed by atoms with E-state index in [2.05, 4.69) is 26.7 Å². The molecule has 0 saturated heterocycles. The summed E-state index contributed by atoms with van der Waals surface area (Å²) in [5.74, 6) is 1.70. The average molecular weight is 269 g/mol. The van der Waals surface area contributed by atoms with E-state index >= 15 is 0 Å². The topological polar surface area (TPSA) is 47.0 Å². The van der Waals surface area contributed by atoms with Crippen molar-refractivity contribution < 1.29 is 4.74 Å². The van der Waals surface area contributed by atoms with Crippen LogP contribution in [0.5, 0.6) is 0 Å². The number of fused-ring (bicyclic) bond motifs is 1. The maximum atomic E-state index is 5.04. The van der Waals surface area contributed by atoms with Crippen molar-refractivity contribution in [2.45, 2.75) is 11.4 Å². The largest absolute Gasteiger partial charge is 0.385 e. The molecule has 2 rings (SSSR count). The number of thioether (sulfide) groups is 1. The van der Waals surface area contributed by atoms with E-state index in [1.807, 2.05) is 7.05 Å². The molecule has 4 nitrogen and oxygen atoms in total. The van der Waals surface area contributed by atoms with Gasteiger partial charge >= 0.3 is 0 Å². The molecule has 0 amide bonds. The van der Waals surface area contributed by atoms with Gasteiger partial charge in [0.05, 0.1) is 0 Å². The standard InChI is InChI=1S/C11H15N3OS2/c1-12-11-13-9(16-6-3-5-15-2)8-4-7-17-10(8)14-11/h4,7H,3,5-6H2,1-2H3,(H,12,13,14). The maximum Gasteiger partial charge on any atom is 0.224 e. The van der Waals surface area contributed by atoms with Gasteiger partial charge in [0.1, 0.15) is 9.86 Å². The van der Waals surface area contributed by atoms with Crippen molar-refractivity contribution in [1.82, 2.24) is 9.97 Å². The lowest BCUT2D eigenvalue weighted by Crippen LogP contribution is -1.98. The fraction of sp³-hybridized carbons (Fsp3) is 0.455. The highest BCUT2D eigenvalue weighted by Crippen LogP contribution is 2.29. The van der Waals surface area contributed by atoms with Gasteiger partial charge in [-0.3, -0.25) is 0 Å². The number of anilines is 1. The first-order valence-corrected chi connectivity index (χ1v) is 7.26. The molecule has 2 aromatic rings. The predicted molar refractivity (Wildman–Crippen MR) is 74.2 cm³/mol. The van der Waals surface area contributed by atoms with E-state index < -0.39 is 0 Å². The summed E-state index contributed by atoms with van der Waals surface area (Å²) in [6.45, 7) is 0.795. The number of thiophene rings is 1. The SMILES string of the molecule is CNc1nc(SCCCOC)c2ccsc2n1. The van der Waals surface area contributed by atoms with Crippen molar-refractivity contribution in [1.29, 1.82) is 0 Å². The first kappa shape index (κ1) is 12.6. The molecule has 0 saturated carbocycles. The Kier molecular flexibility index (Phi) is 4.58. The van der Waals surface area contributed by atoms with Gasteiger partial charge in [-0.1, -0.05) is 0 Å². The molecule has 2 aromatic heterocycles. The summed E-state index contributed by atoms with van der Waals surface area (Å²) in [4.78, 5) is 9.95. The molecular formula is C11H15N3OS2. The monoisotopic (exact) mass is 269 g/mol. The van der Waals surface area contributed by atoms with E-state index in [4.69, 9.17) is 4.74 Å². The molecule has 0 aliphatic heterocycles. The van der Waals surface area contributed by atoms with Gasteiger partial charge < -0.3 is 10.1 Å². The van der Waals surface area contributed by atoms with Crippen molar-refractivity contribution in [3.05, 3.63) is 11.4 Å². The number of methoxy groups -OCH3 is 1. The lowest BCUT2D eigenvalue weighted by molar-refractivity contribution is 0.200. The van der Waals surface area contributed by atoms with Crippen LogP contribution in [0.2, 0.25) is 0 Å². The summed E-state index contributed by atoms with van der Waals surface area (Å²) in [6.07, 6.45) is 1.03. The molecule has 0 aromatic carbocycles. The summed E-state index contributed by atoms with van der Waals surface area (Å²) in [7, 11) is 3.57. The number of nitrogens with one attached hydrogen (secondary N) is 1. The third kappa shape index (κ3) is 3.08. The lowest BCUT2D eigenvalue weighted by Gasteiger charge is -2.05. The average Bonchev–Trinajstić information content (AvgIpc) is 2.82. The van der Waals surface area contributed by atoms with Crippen LogP contribution in [0.25, 0.3) is 10.2 Å². The highest BCUT2D eigenvalue weighted by atomic mass is 32.2. The van der Waals surface area contributed by atoms with Gasteiger partial charge in [0.2, 0.25) is 5.95 Å². The van der Waals surface area contributed by atoms with Gasteiger partial charge in [-0.25, -0.2) is 9.97 Å². The molecule has 1 N–H and O–H groups in total. The summed E-state index contributed by atoms with van der Waals surface area (Å²) in [5.41, 5.74) is 0. The molecule has 2 heterocycles. The van der Waals surface area contributed by atoms with Crippen LogP contribution in [0.3, 0.4) is 0 Å². The Labute approximate surface area is 109 Å². The van der Waals surface area contributed by atoms with Crippen molar-refractivity contribution >= 4 is 39.3 Å². The number of aromatic nitrogens is 2. The number of hydrogen-bond acceptors (Lipinski definition) is 6. The van der Waals surface area contributed by atoms with E-state index in [1.54, 1.807) is 30.2 Å². The molecular weight excluding hydrogens is 254 g/mol. The summed E-state index contributed by atoms with van der Waals surface area (Å²) >= 11 is 3.41. The van der Waals surface area contributed by atoms with Crippen molar-refractivity contribution in [2.24, 2.45) is 0 Å². The minimum atomic E-state index is 0.689. The highest BCUT2D eigenvalue weighted by Gasteiger charge is 2.08. The zero-order chi connectivity index (χ0) is 12.1. The van der Waals surface area contributed by atoms with Crippen LogP contribution < -0.4 is 5.32 Å². The Morgan fingerprint density at radius 1 is 1.47 bits per heavy atom. The van der Waals surface area contributed by atoms with Crippen LogP contribution in [0.1, 0.15) is 6.42 Å². The molecule has 6 heteroatoms. The molecule has 92 valence electrons. The highest BCUT2D eigenvalue weighted by molar-refractivity contribution is 7.99. The van der Waals surface area contributed by atoms with Crippen LogP contribution in [0, 0.1) is 0 Å². The zero-order valence-corrected chi connectivity index (χ0v) is 11.5. The molecule has 0 spiro atoms. The van der Waals surface area contributed by atoms with Crippen LogP contribution in [-0.2, 0) is 4.74 Å². The van der Waals surface area contributed by atoms with Gasteiger partial charge in [0.25, 0.3) is 0 Å². The fourth-order valence-corrected chi connectivity index (χ4v) is 3.18. The third-order valence-electron chi connectivity index (χ3n) is 2.25. The van der Waals surface area contributed by atoms with Crippen LogP contribution in [0.15, 0.2) is 16.5 Å². The number of nitrogens with zero attached hydrogens (tertiary/aromatic N) is 2.